The Labute approximate surface area is 112 Å². The van der Waals surface area contributed by atoms with E-state index in [4.69, 9.17) is 5.73 Å². The van der Waals surface area contributed by atoms with Crippen molar-refractivity contribution >= 4 is 9.84 Å². The molecule has 2 N–H and O–H groups in total. The summed E-state index contributed by atoms with van der Waals surface area (Å²) in [4.78, 5) is 2.12. The van der Waals surface area contributed by atoms with E-state index >= 15 is 0 Å². The van der Waals surface area contributed by atoms with Gasteiger partial charge in [-0.25, -0.2) is 8.42 Å². The molecule has 1 rings (SSSR count). The molecule has 1 aliphatic carbocycles. The number of hydrogen-bond donors (Lipinski definition) is 1. The summed E-state index contributed by atoms with van der Waals surface area (Å²) in [5.74, 6) is 0.249. The van der Waals surface area contributed by atoms with Gasteiger partial charge in [-0.1, -0.05) is 19.3 Å². The van der Waals surface area contributed by atoms with Gasteiger partial charge in [0.1, 0.15) is 9.84 Å². The Morgan fingerprint density at radius 2 is 1.78 bits per heavy atom. The van der Waals surface area contributed by atoms with Crippen molar-refractivity contribution < 1.29 is 8.42 Å². The van der Waals surface area contributed by atoms with Gasteiger partial charge >= 0.3 is 0 Å². The van der Waals surface area contributed by atoms with E-state index in [1.807, 2.05) is 7.05 Å². The second-order valence-corrected chi connectivity index (χ2v) is 8.21. The van der Waals surface area contributed by atoms with Crippen LogP contribution in [0.2, 0.25) is 0 Å². The highest BCUT2D eigenvalue weighted by Crippen LogP contribution is 2.38. The zero-order chi connectivity index (χ0) is 13.6. The van der Waals surface area contributed by atoms with Crippen molar-refractivity contribution in [1.82, 2.24) is 4.90 Å². The van der Waals surface area contributed by atoms with Crippen molar-refractivity contribution in [1.29, 1.82) is 0 Å². The van der Waals surface area contributed by atoms with Gasteiger partial charge in [-0.3, -0.25) is 0 Å². The van der Waals surface area contributed by atoms with E-state index in [0.717, 1.165) is 19.5 Å². The first kappa shape index (κ1) is 15.9. The molecule has 4 nitrogen and oxygen atoms in total. The second kappa shape index (κ2) is 6.87. The molecule has 0 heterocycles. The van der Waals surface area contributed by atoms with E-state index in [9.17, 15) is 8.42 Å². The minimum atomic E-state index is -2.85. The molecule has 1 aliphatic rings. The first-order valence-corrected chi connectivity index (χ1v) is 8.99. The number of rotatable bonds is 7. The van der Waals surface area contributed by atoms with Crippen LogP contribution in [0.1, 0.15) is 38.5 Å². The van der Waals surface area contributed by atoms with E-state index in [1.165, 1.54) is 38.4 Å². The van der Waals surface area contributed by atoms with Gasteiger partial charge in [0.05, 0.1) is 5.75 Å². The number of sulfone groups is 1. The Kier molecular flexibility index (Phi) is 6.08. The van der Waals surface area contributed by atoms with Crippen LogP contribution >= 0.6 is 0 Å². The van der Waals surface area contributed by atoms with Crippen LogP contribution in [0.15, 0.2) is 0 Å². The van der Waals surface area contributed by atoms with Crippen LogP contribution in [0.3, 0.4) is 0 Å². The van der Waals surface area contributed by atoms with Crippen molar-refractivity contribution in [2.24, 2.45) is 11.1 Å². The van der Waals surface area contributed by atoms with Crippen LogP contribution in [0.5, 0.6) is 0 Å². The average Bonchev–Trinajstić information content (AvgIpc) is 2.34. The molecule has 0 aromatic rings. The summed E-state index contributed by atoms with van der Waals surface area (Å²) < 4.78 is 22.2. The molecule has 0 aromatic heterocycles. The van der Waals surface area contributed by atoms with Crippen LogP contribution in [-0.4, -0.2) is 52.0 Å². The largest absolute Gasteiger partial charge is 0.330 e. The normalized spacial score (nSPS) is 20.2. The molecule has 0 unspecified atom stereocenters. The molecule has 1 fully saturated rings. The van der Waals surface area contributed by atoms with Gasteiger partial charge in [0.2, 0.25) is 0 Å². The summed E-state index contributed by atoms with van der Waals surface area (Å²) in [5.41, 5.74) is 6.27. The molecule has 0 aromatic carbocycles. The Hall–Kier alpha value is -0.130. The van der Waals surface area contributed by atoms with Gasteiger partial charge in [0, 0.05) is 12.8 Å². The molecule has 5 heteroatoms. The topological polar surface area (TPSA) is 63.4 Å². The van der Waals surface area contributed by atoms with Crippen LogP contribution in [0, 0.1) is 5.41 Å². The van der Waals surface area contributed by atoms with E-state index < -0.39 is 9.84 Å². The minimum absolute atomic E-state index is 0.249. The highest BCUT2D eigenvalue weighted by Gasteiger charge is 2.30. The zero-order valence-electron chi connectivity index (χ0n) is 11.8. The van der Waals surface area contributed by atoms with E-state index in [2.05, 4.69) is 4.90 Å². The molecule has 0 aliphatic heterocycles. The maximum Gasteiger partial charge on any atom is 0.148 e. The summed E-state index contributed by atoms with van der Waals surface area (Å²) in [7, 11) is -0.851. The molecule has 0 bridgehead atoms. The second-order valence-electron chi connectivity index (χ2n) is 5.95. The predicted octanol–water partition coefficient (Wildman–Crippen LogP) is 1.26. The van der Waals surface area contributed by atoms with Gasteiger partial charge in [-0.15, -0.1) is 0 Å². The Morgan fingerprint density at radius 3 is 2.28 bits per heavy atom. The van der Waals surface area contributed by atoms with Gasteiger partial charge in [-0.2, -0.15) is 0 Å². The van der Waals surface area contributed by atoms with E-state index in [1.54, 1.807) is 0 Å². The third-order valence-electron chi connectivity index (χ3n) is 4.21. The zero-order valence-corrected chi connectivity index (χ0v) is 12.6. The lowest BCUT2D eigenvalue weighted by Gasteiger charge is -2.37. The van der Waals surface area contributed by atoms with Gasteiger partial charge in [-0.05, 0) is 44.8 Å². The summed E-state index contributed by atoms with van der Waals surface area (Å²) in [5, 5.41) is 0. The van der Waals surface area contributed by atoms with Crippen molar-refractivity contribution in [2.75, 3.05) is 38.7 Å². The fourth-order valence-corrected chi connectivity index (χ4v) is 3.36. The molecular formula is C13H28N2O2S. The van der Waals surface area contributed by atoms with E-state index in [-0.39, 0.29) is 5.75 Å². The molecule has 0 spiro atoms. The molecule has 0 saturated heterocycles. The minimum Gasteiger partial charge on any atom is -0.330 e. The average molecular weight is 276 g/mol. The molecular weight excluding hydrogens is 248 g/mol. The first-order chi connectivity index (χ1) is 8.37. The molecule has 108 valence electrons. The first-order valence-electron chi connectivity index (χ1n) is 6.93. The third-order valence-corrected chi connectivity index (χ3v) is 5.14. The van der Waals surface area contributed by atoms with Crippen molar-refractivity contribution in [3.05, 3.63) is 0 Å². The van der Waals surface area contributed by atoms with Crippen molar-refractivity contribution in [3.63, 3.8) is 0 Å². The summed E-state index contributed by atoms with van der Waals surface area (Å²) >= 11 is 0. The summed E-state index contributed by atoms with van der Waals surface area (Å²) in [6, 6.07) is 0. The Balaban J connectivity index is 2.33. The maximum atomic E-state index is 11.1. The predicted molar refractivity (Wildman–Crippen MR) is 76.4 cm³/mol. The summed E-state index contributed by atoms with van der Waals surface area (Å²) in [6.07, 6.45) is 8.81. The van der Waals surface area contributed by atoms with Crippen LogP contribution < -0.4 is 5.73 Å². The monoisotopic (exact) mass is 276 g/mol. The van der Waals surface area contributed by atoms with Gasteiger partial charge in [0.25, 0.3) is 0 Å². The Bertz CT molecular complexity index is 335. The maximum absolute atomic E-state index is 11.1. The SMILES string of the molecule is CN(CCC1(CN)CCCCC1)CCS(C)(=O)=O. The van der Waals surface area contributed by atoms with E-state index in [0.29, 0.717) is 12.0 Å². The van der Waals surface area contributed by atoms with Crippen molar-refractivity contribution in [2.45, 2.75) is 38.5 Å². The highest BCUT2D eigenvalue weighted by atomic mass is 32.2. The quantitative estimate of drug-likeness (QED) is 0.760. The standard InChI is InChI=1S/C13H28N2O2S/c1-15(10-11-18(2,16)17)9-8-13(12-14)6-4-3-5-7-13/h3-12,14H2,1-2H3. The molecule has 0 amide bonds. The smallest absolute Gasteiger partial charge is 0.148 e. The lowest BCUT2D eigenvalue weighted by atomic mass is 9.72. The lowest BCUT2D eigenvalue weighted by Crippen LogP contribution is -2.37. The number of nitrogens with zero attached hydrogens (tertiary/aromatic N) is 1. The molecule has 18 heavy (non-hydrogen) atoms. The fourth-order valence-electron chi connectivity index (χ4n) is 2.72. The number of hydrogen-bond acceptors (Lipinski definition) is 4. The van der Waals surface area contributed by atoms with Crippen LogP contribution in [-0.2, 0) is 9.84 Å². The van der Waals surface area contributed by atoms with Crippen LogP contribution in [0.25, 0.3) is 0 Å². The third kappa shape index (κ3) is 5.67. The lowest BCUT2D eigenvalue weighted by molar-refractivity contribution is 0.158. The molecule has 0 atom stereocenters. The Morgan fingerprint density at radius 1 is 1.17 bits per heavy atom. The van der Waals surface area contributed by atoms with Gasteiger partial charge < -0.3 is 10.6 Å². The fraction of sp³-hybridized carbons (Fsp3) is 1.00. The number of nitrogens with two attached hydrogens (primary N) is 1. The van der Waals surface area contributed by atoms with Crippen molar-refractivity contribution in [3.8, 4) is 0 Å². The summed E-state index contributed by atoms with van der Waals surface area (Å²) in [6.45, 7) is 2.35. The highest BCUT2D eigenvalue weighted by molar-refractivity contribution is 7.90. The van der Waals surface area contributed by atoms with Crippen LogP contribution in [0.4, 0.5) is 0 Å². The molecule has 1 saturated carbocycles. The molecule has 0 radical (unpaired) electrons. The van der Waals surface area contributed by atoms with Gasteiger partial charge in [0.15, 0.2) is 0 Å².